The molecule has 38 heavy (non-hydrogen) atoms. The Morgan fingerprint density at radius 3 is 2.68 bits per heavy atom. The Balaban J connectivity index is 1.64. The van der Waals surface area contributed by atoms with Crippen molar-refractivity contribution < 1.29 is 37.0 Å². The summed E-state index contributed by atoms with van der Waals surface area (Å²) < 4.78 is 60.7. The molecule has 12 heteroatoms. The number of carbonyl (C=O) groups is 2. The van der Waals surface area contributed by atoms with E-state index in [1.54, 1.807) is 13.8 Å². The number of amides is 1. The number of fused-ring (bicyclic) bond motifs is 5. The molecule has 6 rings (SSSR count). The first-order valence-corrected chi connectivity index (χ1v) is 12.1. The number of nitrogens with zero attached hydrogens (tertiary/aromatic N) is 2. The smallest absolute Gasteiger partial charge is 0.458 e. The van der Waals surface area contributed by atoms with Gasteiger partial charge in [-0.2, -0.15) is 13.2 Å². The Hall–Kier alpha value is -3.80. The molecular formula is C26H21F4N3O5. The zero-order valence-electron chi connectivity index (χ0n) is 20.2. The molecule has 2 N–H and O–H groups in total. The lowest BCUT2D eigenvalue weighted by Gasteiger charge is -2.32. The highest BCUT2D eigenvalue weighted by molar-refractivity contribution is 5.94. The van der Waals surface area contributed by atoms with Crippen LogP contribution in [0, 0.1) is 5.82 Å². The molecule has 3 aliphatic rings. The molecule has 2 unspecified atom stereocenters. The molecule has 1 aliphatic carbocycles. The zero-order chi connectivity index (χ0) is 27.3. The van der Waals surface area contributed by atoms with Gasteiger partial charge >= 0.3 is 18.1 Å². The maximum atomic E-state index is 14.6. The summed E-state index contributed by atoms with van der Waals surface area (Å²) >= 11 is 0. The fraction of sp³-hybridized carbons (Fsp3) is 0.385. The Morgan fingerprint density at radius 1 is 1.26 bits per heavy atom. The first kappa shape index (κ1) is 24.5. The normalized spacial score (nSPS) is 23.5. The van der Waals surface area contributed by atoms with E-state index in [2.05, 4.69) is 10.3 Å². The van der Waals surface area contributed by atoms with Gasteiger partial charge < -0.3 is 19.7 Å². The molecule has 3 aromatic rings. The molecule has 0 spiro atoms. The van der Waals surface area contributed by atoms with Gasteiger partial charge in [0.05, 0.1) is 35.1 Å². The maximum Gasteiger partial charge on any atom is 0.471 e. The number of hydrogen-bond donors (Lipinski definition) is 2. The third-order valence-corrected chi connectivity index (χ3v) is 7.86. The summed E-state index contributed by atoms with van der Waals surface area (Å²) in [4.78, 5) is 42.5. The molecule has 2 aromatic heterocycles. The minimum atomic E-state index is -5.11. The first-order valence-electron chi connectivity index (χ1n) is 12.1. The second-order valence-corrected chi connectivity index (χ2v) is 10.0. The summed E-state index contributed by atoms with van der Waals surface area (Å²) in [6.45, 7) is 2.87. The molecule has 1 amide bonds. The van der Waals surface area contributed by atoms with Crippen LogP contribution in [-0.2, 0) is 33.1 Å². The van der Waals surface area contributed by atoms with Crippen LogP contribution < -0.4 is 10.9 Å². The Morgan fingerprint density at radius 2 is 2.00 bits per heavy atom. The van der Waals surface area contributed by atoms with Crippen LogP contribution in [0.2, 0.25) is 0 Å². The van der Waals surface area contributed by atoms with Crippen LogP contribution >= 0.6 is 0 Å². The number of pyridine rings is 2. The second-order valence-electron chi connectivity index (χ2n) is 10.0. The van der Waals surface area contributed by atoms with Crippen LogP contribution in [-0.4, -0.2) is 32.7 Å². The highest BCUT2D eigenvalue weighted by Gasteiger charge is 2.46. The van der Waals surface area contributed by atoms with E-state index >= 15 is 0 Å². The van der Waals surface area contributed by atoms with Crippen molar-refractivity contribution in [2.45, 2.75) is 63.6 Å². The lowest BCUT2D eigenvalue weighted by Crippen LogP contribution is -2.44. The fourth-order valence-corrected chi connectivity index (χ4v) is 5.99. The SMILES string of the molecule is CC[C@@]1(O)C(=O)OCc2c1cc1n(c2=O)Cc2c-1nc1cc(F)cc3c1c2C(NC(=O)C(F)(F)F)CC3C. The number of halogens is 4. The van der Waals surface area contributed by atoms with Crippen molar-refractivity contribution in [1.82, 2.24) is 14.9 Å². The van der Waals surface area contributed by atoms with Gasteiger partial charge in [-0.25, -0.2) is 14.2 Å². The molecule has 0 fully saturated rings. The fourth-order valence-electron chi connectivity index (χ4n) is 5.99. The van der Waals surface area contributed by atoms with Crippen LogP contribution in [0.5, 0.6) is 0 Å². The Bertz CT molecular complexity index is 1650. The number of cyclic esters (lactones) is 1. The van der Waals surface area contributed by atoms with E-state index in [0.717, 1.165) is 6.07 Å². The molecule has 2 aliphatic heterocycles. The van der Waals surface area contributed by atoms with Crippen molar-refractivity contribution in [2.75, 3.05) is 0 Å². The van der Waals surface area contributed by atoms with E-state index < -0.39 is 41.1 Å². The number of aliphatic hydroxyl groups is 1. The summed E-state index contributed by atoms with van der Waals surface area (Å²) in [5.41, 5.74) is -0.536. The lowest BCUT2D eigenvalue weighted by molar-refractivity contribution is -0.174. The Labute approximate surface area is 212 Å². The maximum absolute atomic E-state index is 14.6. The highest BCUT2D eigenvalue weighted by Crippen LogP contribution is 2.48. The van der Waals surface area contributed by atoms with Crippen LogP contribution in [0.3, 0.4) is 0 Å². The molecule has 0 radical (unpaired) electrons. The van der Waals surface area contributed by atoms with Crippen LogP contribution in [0.15, 0.2) is 23.0 Å². The molecule has 198 valence electrons. The summed E-state index contributed by atoms with van der Waals surface area (Å²) in [6.07, 6.45) is -5.11. The zero-order valence-corrected chi connectivity index (χ0v) is 20.2. The number of nitrogens with one attached hydrogen (secondary N) is 1. The standard InChI is InChI=1S/C26H21F4N3O5/c1-3-25(37)15-7-18-21-13(8-33(18)22(34)14(15)9-38-24(25)36)20-16(32-23(35)26(28,29)30)4-10(2)12-5-11(27)6-17(31-21)19(12)20/h5-7,10,16,37H,3-4,8-9H2,1-2H3,(H,32,35)/t10?,16?,25-/m0/s1. The quantitative estimate of drug-likeness (QED) is 0.303. The minimum absolute atomic E-state index is 0.0665. The van der Waals surface area contributed by atoms with E-state index in [0.29, 0.717) is 22.1 Å². The number of hydrogen-bond acceptors (Lipinski definition) is 6. The average Bonchev–Trinajstić information content (AvgIpc) is 3.21. The van der Waals surface area contributed by atoms with E-state index in [9.17, 15) is 37.1 Å². The molecule has 1 aromatic carbocycles. The van der Waals surface area contributed by atoms with E-state index in [1.807, 2.05) is 0 Å². The van der Waals surface area contributed by atoms with Crippen molar-refractivity contribution in [3.05, 3.63) is 62.2 Å². The monoisotopic (exact) mass is 531 g/mol. The van der Waals surface area contributed by atoms with Gasteiger partial charge in [0.15, 0.2) is 5.60 Å². The average molecular weight is 531 g/mol. The molecule has 0 saturated carbocycles. The van der Waals surface area contributed by atoms with Crippen LogP contribution in [0.25, 0.3) is 22.3 Å². The third kappa shape index (κ3) is 3.25. The topological polar surface area (TPSA) is 111 Å². The largest absolute Gasteiger partial charge is 0.471 e. The van der Waals surface area contributed by atoms with Gasteiger partial charge in [0.1, 0.15) is 12.4 Å². The number of benzene rings is 1. The van der Waals surface area contributed by atoms with Crippen molar-refractivity contribution >= 4 is 22.8 Å². The molecule has 0 saturated heterocycles. The van der Waals surface area contributed by atoms with Gasteiger partial charge in [-0.3, -0.25) is 9.59 Å². The van der Waals surface area contributed by atoms with Crippen molar-refractivity contribution in [1.29, 1.82) is 0 Å². The highest BCUT2D eigenvalue weighted by atomic mass is 19.4. The van der Waals surface area contributed by atoms with Gasteiger partial charge in [-0.05, 0) is 42.0 Å². The van der Waals surface area contributed by atoms with Gasteiger partial charge in [-0.15, -0.1) is 0 Å². The van der Waals surface area contributed by atoms with Gasteiger partial charge in [0.25, 0.3) is 5.56 Å². The first-order chi connectivity index (χ1) is 17.8. The van der Waals surface area contributed by atoms with Crippen LogP contribution in [0.1, 0.15) is 66.5 Å². The predicted octanol–water partition coefficient (Wildman–Crippen LogP) is 3.45. The minimum Gasteiger partial charge on any atom is -0.458 e. The summed E-state index contributed by atoms with van der Waals surface area (Å²) in [5.74, 6) is -3.97. The number of esters is 1. The van der Waals surface area contributed by atoms with E-state index in [-0.39, 0.29) is 59.9 Å². The number of carbonyl (C=O) groups excluding carboxylic acids is 2. The predicted molar refractivity (Wildman–Crippen MR) is 124 cm³/mol. The van der Waals surface area contributed by atoms with E-state index in [4.69, 9.17) is 4.74 Å². The Kier molecular flexibility index (Phi) is 5.07. The van der Waals surface area contributed by atoms with Gasteiger partial charge in [0.2, 0.25) is 0 Å². The van der Waals surface area contributed by atoms with Crippen LogP contribution in [0.4, 0.5) is 17.6 Å². The number of alkyl halides is 3. The molecule has 8 nitrogen and oxygen atoms in total. The number of aromatic nitrogens is 2. The molecule has 3 atom stereocenters. The van der Waals surface area contributed by atoms with Gasteiger partial charge in [-0.1, -0.05) is 13.8 Å². The van der Waals surface area contributed by atoms with Crippen molar-refractivity contribution in [3.8, 4) is 11.4 Å². The summed E-state index contributed by atoms with van der Waals surface area (Å²) in [5, 5.41) is 13.6. The summed E-state index contributed by atoms with van der Waals surface area (Å²) in [7, 11) is 0. The third-order valence-electron chi connectivity index (χ3n) is 7.86. The molecule has 0 bridgehead atoms. The van der Waals surface area contributed by atoms with E-state index in [1.165, 1.54) is 16.7 Å². The summed E-state index contributed by atoms with van der Waals surface area (Å²) in [6, 6.07) is 2.85. The second kappa shape index (κ2) is 7.85. The molecular weight excluding hydrogens is 510 g/mol. The number of ether oxygens (including phenoxy) is 1. The molecule has 4 heterocycles. The lowest BCUT2D eigenvalue weighted by atomic mass is 9.78. The van der Waals surface area contributed by atoms with Crippen molar-refractivity contribution in [3.63, 3.8) is 0 Å². The van der Waals surface area contributed by atoms with Gasteiger partial charge in [0, 0.05) is 22.6 Å². The number of rotatable bonds is 2. The van der Waals surface area contributed by atoms with Crippen molar-refractivity contribution in [2.24, 2.45) is 0 Å².